The second kappa shape index (κ2) is 6.76. The fourth-order valence-electron chi connectivity index (χ4n) is 2.74. The van der Waals surface area contributed by atoms with E-state index in [1.807, 2.05) is 19.1 Å². The number of hydrogen-bond acceptors (Lipinski definition) is 4. The van der Waals surface area contributed by atoms with E-state index in [1.165, 1.54) is 5.56 Å². The molecule has 0 spiro atoms. The predicted octanol–water partition coefficient (Wildman–Crippen LogP) is 2.08. The molecule has 1 aromatic rings. The molecule has 1 aliphatic heterocycles. The summed E-state index contributed by atoms with van der Waals surface area (Å²) < 4.78 is 11.0. The first-order valence-electron chi connectivity index (χ1n) is 6.89. The second-order valence-corrected chi connectivity index (χ2v) is 5.84. The molecule has 112 valence electrons. The second-order valence-electron chi connectivity index (χ2n) is 5.41. The average Bonchev–Trinajstić information content (AvgIpc) is 2.83. The van der Waals surface area contributed by atoms with Gasteiger partial charge in [0.25, 0.3) is 0 Å². The number of halogens is 1. The van der Waals surface area contributed by atoms with Gasteiger partial charge >= 0.3 is 0 Å². The topological polar surface area (TPSA) is 47.7 Å². The Bertz CT molecular complexity index is 441. The first kappa shape index (κ1) is 15.6. The van der Waals surface area contributed by atoms with Gasteiger partial charge in [0, 0.05) is 44.1 Å². The fraction of sp³-hybridized carbons (Fsp3) is 0.600. The normalized spacial score (nSPS) is 24.1. The lowest BCUT2D eigenvalue weighted by molar-refractivity contribution is -0.00461. The summed E-state index contributed by atoms with van der Waals surface area (Å²) in [5.74, 6) is 0. The highest BCUT2D eigenvalue weighted by molar-refractivity contribution is 6.30. The zero-order chi connectivity index (χ0) is 14.7. The van der Waals surface area contributed by atoms with Gasteiger partial charge in [-0.05, 0) is 31.0 Å². The molecule has 1 aromatic carbocycles. The molecule has 0 radical (unpaired) electrons. The smallest absolute Gasteiger partial charge is 0.102 e. The van der Waals surface area contributed by atoms with E-state index >= 15 is 0 Å². The SMILES string of the molecule is COC1CN(c2cc(Cl)ccc2CC(C)N)CC1OC. The van der Waals surface area contributed by atoms with Crippen LogP contribution in [0.1, 0.15) is 12.5 Å². The summed E-state index contributed by atoms with van der Waals surface area (Å²) in [7, 11) is 3.45. The molecule has 1 saturated heterocycles. The average molecular weight is 299 g/mol. The molecule has 3 atom stereocenters. The Balaban J connectivity index is 2.25. The zero-order valence-electron chi connectivity index (χ0n) is 12.3. The highest BCUT2D eigenvalue weighted by Gasteiger charge is 2.33. The van der Waals surface area contributed by atoms with Crippen LogP contribution in [0.4, 0.5) is 5.69 Å². The molecule has 0 saturated carbocycles. The molecule has 0 bridgehead atoms. The van der Waals surface area contributed by atoms with Gasteiger partial charge < -0.3 is 20.1 Å². The van der Waals surface area contributed by atoms with Crippen LogP contribution in [-0.2, 0) is 15.9 Å². The predicted molar refractivity (Wildman–Crippen MR) is 82.6 cm³/mol. The van der Waals surface area contributed by atoms with Gasteiger partial charge in [0.2, 0.25) is 0 Å². The van der Waals surface area contributed by atoms with E-state index < -0.39 is 0 Å². The van der Waals surface area contributed by atoms with Gasteiger partial charge in [-0.3, -0.25) is 0 Å². The molecule has 20 heavy (non-hydrogen) atoms. The third-order valence-corrected chi connectivity index (χ3v) is 3.99. The summed E-state index contributed by atoms with van der Waals surface area (Å²) in [5.41, 5.74) is 8.29. The minimum atomic E-state index is 0.0853. The number of nitrogens with two attached hydrogens (primary N) is 1. The van der Waals surface area contributed by atoms with Crippen molar-refractivity contribution in [2.45, 2.75) is 31.6 Å². The quantitative estimate of drug-likeness (QED) is 0.904. The number of rotatable bonds is 5. The van der Waals surface area contributed by atoms with Gasteiger partial charge in [-0.25, -0.2) is 0 Å². The Hall–Kier alpha value is -0.810. The van der Waals surface area contributed by atoms with Crippen molar-refractivity contribution in [1.29, 1.82) is 0 Å². The summed E-state index contributed by atoms with van der Waals surface area (Å²) >= 11 is 6.15. The number of benzene rings is 1. The lowest BCUT2D eigenvalue weighted by atomic mass is 10.0. The van der Waals surface area contributed by atoms with E-state index in [9.17, 15) is 0 Å². The molecule has 0 aliphatic carbocycles. The number of nitrogens with zero attached hydrogens (tertiary/aromatic N) is 1. The minimum Gasteiger partial charge on any atom is -0.377 e. The Labute approximate surface area is 125 Å². The summed E-state index contributed by atoms with van der Waals surface area (Å²) in [5, 5.41) is 0.739. The third-order valence-electron chi connectivity index (χ3n) is 3.75. The fourth-order valence-corrected chi connectivity index (χ4v) is 2.91. The Morgan fingerprint density at radius 2 is 1.90 bits per heavy atom. The van der Waals surface area contributed by atoms with Crippen molar-refractivity contribution in [3.63, 3.8) is 0 Å². The van der Waals surface area contributed by atoms with Crippen LogP contribution in [0.25, 0.3) is 0 Å². The zero-order valence-corrected chi connectivity index (χ0v) is 13.1. The number of anilines is 1. The molecule has 4 nitrogen and oxygen atoms in total. The lowest BCUT2D eigenvalue weighted by Gasteiger charge is -2.23. The molecule has 1 aliphatic rings. The van der Waals surface area contributed by atoms with Crippen molar-refractivity contribution < 1.29 is 9.47 Å². The minimum absolute atomic E-state index is 0.0853. The van der Waals surface area contributed by atoms with Crippen molar-refractivity contribution in [3.8, 4) is 0 Å². The van der Waals surface area contributed by atoms with Crippen molar-refractivity contribution in [2.75, 3.05) is 32.2 Å². The van der Waals surface area contributed by atoms with Crippen LogP contribution in [0.2, 0.25) is 5.02 Å². The van der Waals surface area contributed by atoms with Crippen LogP contribution < -0.4 is 10.6 Å². The van der Waals surface area contributed by atoms with Gasteiger partial charge in [-0.15, -0.1) is 0 Å². The van der Waals surface area contributed by atoms with E-state index in [2.05, 4.69) is 11.0 Å². The first-order valence-corrected chi connectivity index (χ1v) is 7.27. The van der Waals surface area contributed by atoms with Crippen molar-refractivity contribution in [1.82, 2.24) is 0 Å². The van der Waals surface area contributed by atoms with E-state index in [-0.39, 0.29) is 18.2 Å². The van der Waals surface area contributed by atoms with Crippen LogP contribution in [0.15, 0.2) is 18.2 Å². The number of methoxy groups -OCH3 is 2. The molecule has 0 amide bonds. The maximum absolute atomic E-state index is 6.15. The summed E-state index contributed by atoms with van der Waals surface area (Å²) in [4.78, 5) is 2.27. The molecule has 1 heterocycles. The van der Waals surface area contributed by atoms with Crippen LogP contribution in [0.5, 0.6) is 0 Å². The number of hydrogen-bond donors (Lipinski definition) is 1. The molecule has 2 rings (SSSR count). The number of ether oxygens (including phenoxy) is 2. The molecule has 3 unspecified atom stereocenters. The Morgan fingerprint density at radius 1 is 1.30 bits per heavy atom. The monoisotopic (exact) mass is 298 g/mol. The van der Waals surface area contributed by atoms with E-state index in [0.717, 1.165) is 30.2 Å². The van der Waals surface area contributed by atoms with E-state index in [4.69, 9.17) is 26.8 Å². The van der Waals surface area contributed by atoms with Crippen LogP contribution >= 0.6 is 11.6 Å². The highest BCUT2D eigenvalue weighted by atomic mass is 35.5. The summed E-state index contributed by atoms with van der Waals surface area (Å²) in [6.45, 7) is 3.63. The Kier molecular flexibility index (Phi) is 5.27. The van der Waals surface area contributed by atoms with Crippen LogP contribution in [-0.4, -0.2) is 45.6 Å². The van der Waals surface area contributed by atoms with E-state index in [0.29, 0.717) is 0 Å². The van der Waals surface area contributed by atoms with Gasteiger partial charge in [0.1, 0.15) is 12.2 Å². The van der Waals surface area contributed by atoms with E-state index in [1.54, 1.807) is 14.2 Å². The van der Waals surface area contributed by atoms with Crippen molar-refractivity contribution in [3.05, 3.63) is 28.8 Å². The molecule has 0 aromatic heterocycles. The molecule has 2 N–H and O–H groups in total. The highest BCUT2D eigenvalue weighted by Crippen LogP contribution is 2.30. The third kappa shape index (κ3) is 3.44. The first-order chi connectivity index (χ1) is 9.55. The van der Waals surface area contributed by atoms with Gasteiger partial charge in [0.15, 0.2) is 0 Å². The summed E-state index contributed by atoms with van der Waals surface area (Å²) in [6, 6.07) is 6.10. The maximum Gasteiger partial charge on any atom is 0.102 e. The van der Waals surface area contributed by atoms with Crippen molar-refractivity contribution >= 4 is 17.3 Å². The van der Waals surface area contributed by atoms with Crippen molar-refractivity contribution in [2.24, 2.45) is 5.73 Å². The summed E-state index contributed by atoms with van der Waals surface area (Å²) in [6.07, 6.45) is 1.00. The van der Waals surface area contributed by atoms with Gasteiger partial charge in [-0.1, -0.05) is 17.7 Å². The molecular formula is C15H23ClN2O2. The van der Waals surface area contributed by atoms with Gasteiger partial charge in [0.05, 0.1) is 0 Å². The standard InChI is InChI=1S/C15H23ClN2O2/c1-10(17)6-11-4-5-12(16)7-13(11)18-8-14(19-2)15(9-18)20-3/h4-5,7,10,14-15H,6,8-9,17H2,1-3H3. The van der Waals surface area contributed by atoms with Crippen LogP contribution in [0.3, 0.4) is 0 Å². The van der Waals surface area contributed by atoms with Gasteiger partial charge in [-0.2, -0.15) is 0 Å². The maximum atomic E-state index is 6.15. The van der Waals surface area contributed by atoms with Crippen LogP contribution in [0, 0.1) is 0 Å². The molecule has 1 fully saturated rings. The largest absolute Gasteiger partial charge is 0.377 e. The lowest BCUT2D eigenvalue weighted by Crippen LogP contribution is -2.27. The molecule has 5 heteroatoms. The Morgan fingerprint density at radius 3 is 2.40 bits per heavy atom. The molecular weight excluding hydrogens is 276 g/mol.